The van der Waals surface area contributed by atoms with Crippen LogP contribution in [0, 0.1) is 0 Å². The van der Waals surface area contributed by atoms with Gasteiger partial charge in [0.2, 0.25) is 0 Å². The summed E-state index contributed by atoms with van der Waals surface area (Å²) in [6, 6.07) is 3.92. The molecule has 0 atom stereocenters. The monoisotopic (exact) mass is 305 g/mol. The van der Waals surface area contributed by atoms with Crippen LogP contribution in [0.4, 0.5) is 10.8 Å². The first-order valence-electron chi connectivity index (χ1n) is 7.38. The summed E-state index contributed by atoms with van der Waals surface area (Å²) in [5.41, 5.74) is 8.05. The molecule has 2 heterocycles. The topological polar surface area (TPSA) is 67.1 Å². The van der Waals surface area contributed by atoms with E-state index in [4.69, 9.17) is 5.73 Å². The van der Waals surface area contributed by atoms with Gasteiger partial charge in [0.1, 0.15) is 10.8 Å². The Labute approximate surface area is 130 Å². The van der Waals surface area contributed by atoms with Gasteiger partial charge in [-0.1, -0.05) is 13.8 Å². The van der Waals surface area contributed by atoms with Crippen molar-refractivity contribution in [3.63, 3.8) is 0 Å². The molecule has 3 N–H and O–H groups in total. The molecular weight excluding hydrogens is 282 g/mol. The highest BCUT2D eigenvalue weighted by atomic mass is 32.1. The second-order valence-electron chi connectivity index (χ2n) is 4.87. The molecule has 2 aromatic rings. The van der Waals surface area contributed by atoms with Crippen molar-refractivity contribution in [1.29, 1.82) is 0 Å². The predicted molar refractivity (Wildman–Crippen MR) is 90.7 cm³/mol. The molecule has 0 aliphatic carbocycles. The molecule has 114 valence electrons. The van der Waals surface area contributed by atoms with Gasteiger partial charge in [-0.05, 0) is 48.7 Å². The number of nitrogens with zero attached hydrogens (tertiary/aromatic N) is 3. The molecule has 0 amide bonds. The van der Waals surface area contributed by atoms with E-state index in [0.29, 0.717) is 5.82 Å². The van der Waals surface area contributed by atoms with Gasteiger partial charge in [-0.15, -0.1) is 0 Å². The van der Waals surface area contributed by atoms with Crippen molar-refractivity contribution >= 4 is 22.4 Å². The maximum atomic E-state index is 6.01. The number of hydrogen-bond donors (Lipinski definition) is 2. The van der Waals surface area contributed by atoms with Gasteiger partial charge in [-0.2, -0.15) is 4.37 Å². The summed E-state index contributed by atoms with van der Waals surface area (Å²) in [5, 5.41) is 4.50. The van der Waals surface area contributed by atoms with Gasteiger partial charge in [0.15, 0.2) is 0 Å². The average Bonchev–Trinajstić information content (AvgIpc) is 2.88. The van der Waals surface area contributed by atoms with Gasteiger partial charge >= 0.3 is 0 Å². The fraction of sp³-hybridized carbons (Fsp3) is 0.467. The third-order valence-electron chi connectivity index (χ3n) is 3.39. The highest BCUT2D eigenvalue weighted by Crippen LogP contribution is 2.36. The number of pyridine rings is 1. The first-order valence-corrected chi connectivity index (χ1v) is 8.15. The van der Waals surface area contributed by atoms with E-state index in [-0.39, 0.29) is 0 Å². The number of nitrogens with one attached hydrogen (secondary N) is 1. The minimum atomic E-state index is 0.578. The van der Waals surface area contributed by atoms with Gasteiger partial charge < -0.3 is 16.0 Å². The van der Waals surface area contributed by atoms with Crippen LogP contribution in [0.1, 0.15) is 20.3 Å². The van der Waals surface area contributed by atoms with Gasteiger partial charge in [0.05, 0.1) is 5.56 Å². The summed E-state index contributed by atoms with van der Waals surface area (Å²) in [6.45, 7) is 8.55. The van der Waals surface area contributed by atoms with E-state index in [0.717, 1.165) is 42.3 Å². The van der Waals surface area contributed by atoms with E-state index >= 15 is 0 Å². The molecule has 5 nitrogen and oxygen atoms in total. The Kier molecular flexibility index (Phi) is 5.95. The summed E-state index contributed by atoms with van der Waals surface area (Å²) >= 11 is 1.42. The summed E-state index contributed by atoms with van der Waals surface area (Å²) in [5.74, 6) is 0.578. The lowest BCUT2D eigenvalue weighted by Gasteiger charge is -2.19. The number of anilines is 2. The number of aromatic nitrogens is 2. The quantitative estimate of drug-likeness (QED) is 0.785. The van der Waals surface area contributed by atoms with E-state index in [1.807, 2.05) is 12.1 Å². The molecule has 0 unspecified atom stereocenters. The van der Waals surface area contributed by atoms with Gasteiger partial charge in [-0.25, -0.2) is 0 Å². The van der Waals surface area contributed by atoms with E-state index in [1.54, 1.807) is 12.4 Å². The molecule has 2 rings (SSSR count). The molecule has 2 aromatic heterocycles. The lowest BCUT2D eigenvalue weighted by atomic mass is 10.1. The van der Waals surface area contributed by atoms with Crippen LogP contribution >= 0.6 is 11.5 Å². The lowest BCUT2D eigenvalue weighted by Crippen LogP contribution is -2.29. The third-order valence-corrected chi connectivity index (χ3v) is 4.21. The molecule has 0 radical (unpaired) electrons. The Hall–Kier alpha value is -1.66. The minimum Gasteiger partial charge on any atom is -0.382 e. The lowest BCUT2D eigenvalue weighted by molar-refractivity contribution is 0.300. The standard InChI is InChI=1S/C15H23N5S/c1-3-10-20(4-2)11-9-18-15-13(14(16)19-21-15)12-5-7-17-8-6-12/h5-8,18H,3-4,9-11H2,1-2H3,(H2,16,19). The zero-order valence-corrected chi connectivity index (χ0v) is 13.5. The van der Waals surface area contributed by atoms with E-state index in [9.17, 15) is 0 Å². The minimum absolute atomic E-state index is 0.578. The largest absolute Gasteiger partial charge is 0.382 e. The van der Waals surface area contributed by atoms with Crippen LogP contribution in [0.2, 0.25) is 0 Å². The number of nitrogen functional groups attached to an aromatic ring is 1. The molecule has 0 spiro atoms. The number of hydrogen-bond acceptors (Lipinski definition) is 6. The van der Waals surface area contributed by atoms with Crippen molar-refractivity contribution in [3.8, 4) is 11.1 Å². The van der Waals surface area contributed by atoms with Crippen molar-refractivity contribution in [2.75, 3.05) is 37.2 Å². The highest BCUT2D eigenvalue weighted by Gasteiger charge is 2.13. The van der Waals surface area contributed by atoms with Crippen LogP contribution in [0.15, 0.2) is 24.5 Å². The maximum Gasteiger partial charge on any atom is 0.147 e. The summed E-state index contributed by atoms with van der Waals surface area (Å²) in [4.78, 5) is 6.48. The Morgan fingerprint density at radius 3 is 2.67 bits per heavy atom. The fourth-order valence-corrected chi connectivity index (χ4v) is 3.05. The number of likely N-dealkylation sites (N-methyl/N-ethyl adjacent to an activating group) is 1. The zero-order chi connectivity index (χ0) is 15.1. The van der Waals surface area contributed by atoms with E-state index in [2.05, 4.69) is 33.4 Å². The first kappa shape index (κ1) is 15.7. The van der Waals surface area contributed by atoms with Crippen LogP contribution in [0.3, 0.4) is 0 Å². The van der Waals surface area contributed by atoms with Gasteiger partial charge in [-0.3, -0.25) is 4.98 Å². The predicted octanol–water partition coefficient (Wildman–Crippen LogP) is 2.93. The summed E-state index contributed by atoms with van der Waals surface area (Å²) in [7, 11) is 0. The molecule has 0 aliphatic rings. The Balaban J connectivity index is 2.02. The van der Waals surface area contributed by atoms with Gasteiger partial charge in [0.25, 0.3) is 0 Å². The van der Waals surface area contributed by atoms with Crippen LogP contribution < -0.4 is 11.1 Å². The van der Waals surface area contributed by atoms with E-state index in [1.165, 1.54) is 18.0 Å². The van der Waals surface area contributed by atoms with Crippen LogP contribution in [0.5, 0.6) is 0 Å². The fourth-order valence-electron chi connectivity index (χ4n) is 2.29. The van der Waals surface area contributed by atoms with Crippen LogP contribution in [-0.4, -0.2) is 40.4 Å². The molecule has 0 fully saturated rings. The molecule has 0 aliphatic heterocycles. The van der Waals surface area contributed by atoms with Gasteiger partial charge in [0, 0.05) is 25.5 Å². The Morgan fingerprint density at radius 2 is 2.00 bits per heavy atom. The molecule has 21 heavy (non-hydrogen) atoms. The first-order chi connectivity index (χ1) is 10.3. The highest BCUT2D eigenvalue weighted by molar-refractivity contribution is 7.11. The van der Waals surface area contributed by atoms with E-state index < -0.39 is 0 Å². The molecular formula is C15H23N5S. The molecule has 0 saturated heterocycles. The van der Waals surface area contributed by atoms with Crippen molar-refractivity contribution in [1.82, 2.24) is 14.3 Å². The second-order valence-corrected chi connectivity index (χ2v) is 5.64. The number of rotatable bonds is 8. The number of nitrogens with two attached hydrogens (primary N) is 1. The molecule has 0 bridgehead atoms. The Bertz CT molecular complexity index is 540. The van der Waals surface area contributed by atoms with Crippen LogP contribution in [0.25, 0.3) is 11.1 Å². The SMILES string of the molecule is CCCN(CC)CCNc1snc(N)c1-c1ccncc1. The Morgan fingerprint density at radius 1 is 1.24 bits per heavy atom. The zero-order valence-electron chi connectivity index (χ0n) is 12.7. The average molecular weight is 305 g/mol. The molecule has 6 heteroatoms. The summed E-state index contributed by atoms with van der Waals surface area (Å²) in [6.07, 6.45) is 4.73. The normalized spacial score (nSPS) is 11.0. The molecule has 0 saturated carbocycles. The van der Waals surface area contributed by atoms with Crippen molar-refractivity contribution in [2.45, 2.75) is 20.3 Å². The summed E-state index contributed by atoms with van der Waals surface area (Å²) < 4.78 is 4.27. The van der Waals surface area contributed by atoms with Crippen molar-refractivity contribution in [2.24, 2.45) is 0 Å². The third kappa shape index (κ3) is 4.15. The van der Waals surface area contributed by atoms with Crippen LogP contribution in [-0.2, 0) is 0 Å². The molecule has 0 aromatic carbocycles. The van der Waals surface area contributed by atoms with Crippen molar-refractivity contribution in [3.05, 3.63) is 24.5 Å². The smallest absolute Gasteiger partial charge is 0.147 e. The van der Waals surface area contributed by atoms with Crippen molar-refractivity contribution < 1.29 is 0 Å². The maximum absolute atomic E-state index is 6.01. The second kappa shape index (κ2) is 7.95.